The van der Waals surface area contributed by atoms with Crippen LogP contribution in [0.25, 0.3) is 0 Å². The van der Waals surface area contributed by atoms with Crippen molar-refractivity contribution in [2.75, 3.05) is 7.11 Å². The topological polar surface area (TPSA) is 84.9 Å². The number of ether oxygens (including phenoxy) is 2. The Morgan fingerprint density at radius 3 is 2.57 bits per heavy atom. The SMILES string of the molecule is COC(=O)C(O)c1cccc(CNC(=O)OC(C)(C)C)c1. The molecule has 6 heteroatoms. The second-order valence-corrected chi connectivity index (χ2v) is 5.53. The van der Waals surface area contributed by atoms with E-state index in [0.717, 1.165) is 5.56 Å². The zero-order valence-electron chi connectivity index (χ0n) is 12.7. The molecule has 2 N–H and O–H groups in total. The molecule has 0 saturated carbocycles. The molecule has 0 aliphatic rings. The maximum absolute atomic E-state index is 11.5. The summed E-state index contributed by atoms with van der Waals surface area (Å²) in [5, 5.41) is 12.4. The van der Waals surface area contributed by atoms with Gasteiger partial charge in [-0.3, -0.25) is 0 Å². The molecule has 1 aromatic rings. The van der Waals surface area contributed by atoms with Crippen LogP contribution in [0.3, 0.4) is 0 Å². The van der Waals surface area contributed by atoms with Gasteiger partial charge in [-0.15, -0.1) is 0 Å². The van der Waals surface area contributed by atoms with E-state index in [2.05, 4.69) is 10.1 Å². The van der Waals surface area contributed by atoms with Gasteiger partial charge < -0.3 is 19.9 Å². The molecule has 0 aromatic heterocycles. The number of aliphatic hydroxyl groups excluding tert-OH is 1. The number of carbonyl (C=O) groups excluding carboxylic acids is 2. The molecule has 1 aromatic carbocycles. The number of hydrogen-bond acceptors (Lipinski definition) is 5. The summed E-state index contributed by atoms with van der Waals surface area (Å²) in [7, 11) is 1.21. The van der Waals surface area contributed by atoms with E-state index in [1.165, 1.54) is 7.11 Å². The quantitative estimate of drug-likeness (QED) is 0.829. The van der Waals surface area contributed by atoms with Gasteiger partial charge in [-0.25, -0.2) is 9.59 Å². The van der Waals surface area contributed by atoms with Crippen LogP contribution in [0.5, 0.6) is 0 Å². The van der Waals surface area contributed by atoms with Gasteiger partial charge in [0, 0.05) is 6.54 Å². The van der Waals surface area contributed by atoms with Crippen LogP contribution in [0.2, 0.25) is 0 Å². The Morgan fingerprint density at radius 1 is 1.33 bits per heavy atom. The number of benzene rings is 1. The van der Waals surface area contributed by atoms with Crippen molar-refractivity contribution in [1.29, 1.82) is 0 Å². The molecule has 0 saturated heterocycles. The van der Waals surface area contributed by atoms with Gasteiger partial charge in [0.05, 0.1) is 7.11 Å². The van der Waals surface area contributed by atoms with Gasteiger partial charge in [0.15, 0.2) is 6.10 Å². The highest BCUT2D eigenvalue weighted by Gasteiger charge is 2.18. The van der Waals surface area contributed by atoms with Crippen molar-refractivity contribution in [2.45, 2.75) is 39.0 Å². The van der Waals surface area contributed by atoms with Crippen LogP contribution >= 0.6 is 0 Å². The zero-order valence-corrected chi connectivity index (χ0v) is 12.7. The predicted molar refractivity (Wildman–Crippen MR) is 76.5 cm³/mol. The van der Waals surface area contributed by atoms with Crippen molar-refractivity contribution in [2.24, 2.45) is 0 Å². The molecule has 0 bridgehead atoms. The van der Waals surface area contributed by atoms with Crippen molar-refractivity contribution < 1.29 is 24.2 Å². The van der Waals surface area contributed by atoms with E-state index in [9.17, 15) is 14.7 Å². The summed E-state index contributed by atoms with van der Waals surface area (Å²) in [4.78, 5) is 22.8. The lowest BCUT2D eigenvalue weighted by Gasteiger charge is -2.19. The number of alkyl carbamates (subject to hydrolysis) is 1. The molecule has 0 aliphatic heterocycles. The second-order valence-electron chi connectivity index (χ2n) is 5.53. The first-order valence-corrected chi connectivity index (χ1v) is 6.54. The lowest BCUT2D eigenvalue weighted by Crippen LogP contribution is -2.32. The maximum atomic E-state index is 11.5. The van der Waals surface area contributed by atoms with Crippen LogP contribution < -0.4 is 5.32 Å². The molecule has 0 heterocycles. The van der Waals surface area contributed by atoms with Crippen LogP contribution in [-0.4, -0.2) is 29.9 Å². The minimum atomic E-state index is -1.34. The predicted octanol–water partition coefficient (Wildman–Crippen LogP) is 1.92. The highest BCUT2D eigenvalue weighted by Crippen LogP contribution is 2.16. The van der Waals surface area contributed by atoms with Gasteiger partial charge in [0.1, 0.15) is 5.60 Å². The Morgan fingerprint density at radius 2 is 2.00 bits per heavy atom. The lowest BCUT2D eigenvalue weighted by atomic mass is 10.1. The third kappa shape index (κ3) is 5.83. The van der Waals surface area contributed by atoms with Gasteiger partial charge in [-0.1, -0.05) is 24.3 Å². The number of carbonyl (C=O) groups is 2. The molecular weight excluding hydrogens is 274 g/mol. The number of esters is 1. The Labute approximate surface area is 124 Å². The molecule has 116 valence electrons. The number of methoxy groups -OCH3 is 1. The van der Waals surface area contributed by atoms with Crippen molar-refractivity contribution in [3.8, 4) is 0 Å². The fourth-order valence-corrected chi connectivity index (χ4v) is 1.61. The lowest BCUT2D eigenvalue weighted by molar-refractivity contribution is -0.150. The summed E-state index contributed by atoms with van der Waals surface area (Å²) < 4.78 is 9.60. The highest BCUT2D eigenvalue weighted by molar-refractivity contribution is 5.76. The van der Waals surface area contributed by atoms with E-state index in [4.69, 9.17) is 4.74 Å². The van der Waals surface area contributed by atoms with E-state index in [-0.39, 0.29) is 6.54 Å². The van der Waals surface area contributed by atoms with Crippen LogP contribution in [0.1, 0.15) is 38.0 Å². The largest absolute Gasteiger partial charge is 0.467 e. The van der Waals surface area contributed by atoms with Crippen LogP contribution in [0, 0.1) is 0 Å². The first kappa shape index (κ1) is 17.0. The molecule has 0 fully saturated rings. The van der Waals surface area contributed by atoms with Crippen molar-refractivity contribution in [3.05, 3.63) is 35.4 Å². The Hall–Kier alpha value is -2.08. The Bertz CT molecular complexity index is 507. The van der Waals surface area contributed by atoms with Crippen molar-refractivity contribution in [1.82, 2.24) is 5.32 Å². The number of hydrogen-bond donors (Lipinski definition) is 2. The van der Waals surface area contributed by atoms with Gasteiger partial charge in [0.25, 0.3) is 0 Å². The first-order valence-electron chi connectivity index (χ1n) is 6.54. The molecule has 1 atom stereocenters. The second kappa shape index (κ2) is 7.08. The summed E-state index contributed by atoms with van der Waals surface area (Å²) in [5.41, 5.74) is 0.583. The summed E-state index contributed by atoms with van der Waals surface area (Å²) >= 11 is 0. The van der Waals surface area contributed by atoms with E-state index >= 15 is 0 Å². The monoisotopic (exact) mass is 295 g/mol. The van der Waals surface area contributed by atoms with Crippen LogP contribution in [-0.2, 0) is 20.8 Å². The molecule has 0 radical (unpaired) electrons. The fraction of sp³-hybridized carbons (Fsp3) is 0.467. The van der Waals surface area contributed by atoms with Crippen molar-refractivity contribution in [3.63, 3.8) is 0 Å². The van der Waals surface area contributed by atoms with Gasteiger partial charge in [0.2, 0.25) is 0 Å². The summed E-state index contributed by atoms with van der Waals surface area (Å²) in [6.07, 6.45) is -1.86. The van der Waals surface area contributed by atoms with E-state index in [0.29, 0.717) is 5.56 Å². The highest BCUT2D eigenvalue weighted by atomic mass is 16.6. The molecule has 0 aliphatic carbocycles. The number of rotatable bonds is 4. The Kier molecular flexibility index (Phi) is 5.72. The molecule has 1 rings (SSSR count). The van der Waals surface area contributed by atoms with Gasteiger partial charge in [-0.05, 0) is 31.9 Å². The van der Waals surface area contributed by atoms with Crippen LogP contribution in [0.15, 0.2) is 24.3 Å². The molecule has 6 nitrogen and oxygen atoms in total. The third-order valence-corrected chi connectivity index (χ3v) is 2.53. The summed E-state index contributed by atoms with van der Waals surface area (Å²) in [6.45, 7) is 5.57. The Balaban J connectivity index is 2.65. The molecule has 21 heavy (non-hydrogen) atoms. The standard InChI is InChI=1S/C15H21NO5/c1-15(2,3)21-14(19)16-9-10-6-5-7-11(8-10)12(17)13(18)20-4/h5-8,12,17H,9H2,1-4H3,(H,16,19). The third-order valence-electron chi connectivity index (χ3n) is 2.53. The minimum Gasteiger partial charge on any atom is -0.467 e. The number of nitrogens with one attached hydrogen (secondary N) is 1. The number of aliphatic hydroxyl groups is 1. The normalized spacial score (nSPS) is 12.4. The molecule has 0 spiro atoms. The maximum Gasteiger partial charge on any atom is 0.407 e. The summed E-state index contributed by atoms with van der Waals surface area (Å²) in [6, 6.07) is 6.69. The average molecular weight is 295 g/mol. The molecular formula is C15H21NO5. The number of amides is 1. The molecule has 1 amide bonds. The van der Waals surface area contributed by atoms with Gasteiger partial charge >= 0.3 is 12.1 Å². The van der Waals surface area contributed by atoms with E-state index in [1.54, 1.807) is 45.0 Å². The van der Waals surface area contributed by atoms with Gasteiger partial charge in [-0.2, -0.15) is 0 Å². The first-order chi connectivity index (χ1) is 9.73. The van der Waals surface area contributed by atoms with E-state index in [1.807, 2.05) is 0 Å². The smallest absolute Gasteiger partial charge is 0.407 e. The van der Waals surface area contributed by atoms with E-state index < -0.39 is 23.8 Å². The summed E-state index contributed by atoms with van der Waals surface area (Å²) in [5.74, 6) is -0.729. The average Bonchev–Trinajstić information content (AvgIpc) is 2.42. The minimum absolute atomic E-state index is 0.233. The fourth-order valence-electron chi connectivity index (χ4n) is 1.61. The van der Waals surface area contributed by atoms with Crippen LogP contribution in [0.4, 0.5) is 4.79 Å². The van der Waals surface area contributed by atoms with Crippen molar-refractivity contribution >= 4 is 12.1 Å². The molecule has 1 unspecified atom stereocenters. The zero-order chi connectivity index (χ0) is 16.0.